The molecule has 1 amide bonds. The molecule has 1 N–H and O–H groups in total. The Morgan fingerprint density at radius 2 is 1.56 bits per heavy atom. The molecule has 32 heavy (non-hydrogen) atoms. The lowest BCUT2D eigenvalue weighted by Gasteiger charge is -2.11. The van der Waals surface area contributed by atoms with Crippen molar-refractivity contribution < 1.29 is 4.79 Å². The molecule has 0 spiro atoms. The van der Waals surface area contributed by atoms with Crippen LogP contribution in [0.15, 0.2) is 94.2 Å². The van der Waals surface area contributed by atoms with E-state index in [1.165, 1.54) is 23.5 Å². The first-order valence-electron chi connectivity index (χ1n) is 9.46. The molecule has 4 aromatic rings. The molecular weight excluding hydrogens is 483 g/mol. The van der Waals surface area contributed by atoms with Gasteiger partial charge >= 0.3 is 0 Å². The number of nitrogens with one attached hydrogen (secondary N) is 1. The number of carbonyl (C=O) groups excluding carboxylic acids is 1. The normalized spacial score (nSPS) is 10.7. The maximum Gasteiger partial charge on any atom is 0.275 e. The second-order valence-corrected chi connectivity index (χ2v) is 9.46. The molecule has 0 bridgehead atoms. The second kappa shape index (κ2) is 10.8. The monoisotopic (exact) mass is 498 g/mol. The highest BCUT2D eigenvalue weighted by molar-refractivity contribution is 7.99. The summed E-state index contributed by atoms with van der Waals surface area (Å²) in [6.07, 6.45) is 4.91. The number of anilines is 1. The second-order valence-electron chi connectivity index (χ2n) is 6.53. The largest absolute Gasteiger partial charge is 0.321 e. The molecule has 0 radical (unpaired) electrons. The van der Waals surface area contributed by atoms with Gasteiger partial charge in [0.1, 0.15) is 5.69 Å². The smallest absolute Gasteiger partial charge is 0.275 e. The predicted octanol–water partition coefficient (Wildman–Crippen LogP) is 6.87. The third-order valence-corrected chi connectivity index (χ3v) is 6.67. The molecule has 0 saturated carbocycles. The van der Waals surface area contributed by atoms with E-state index in [0.717, 1.165) is 10.5 Å². The first-order chi connectivity index (χ1) is 15.6. The zero-order valence-electron chi connectivity index (χ0n) is 16.5. The maximum absolute atomic E-state index is 13.1. The summed E-state index contributed by atoms with van der Waals surface area (Å²) >= 11 is 14.8. The van der Waals surface area contributed by atoms with Crippen LogP contribution in [-0.4, -0.2) is 20.9 Å². The Kier molecular flexibility index (Phi) is 7.65. The summed E-state index contributed by atoms with van der Waals surface area (Å²) < 4.78 is 0. The van der Waals surface area contributed by atoms with Gasteiger partial charge in [-0.05, 0) is 54.1 Å². The number of hydrogen-bond donors (Lipinski definition) is 1. The van der Waals surface area contributed by atoms with E-state index in [1.807, 2.05) is 36.4 Å². The van der Waals surface area contributed by atoms with Crippen molar-refractivity contribution in [3.05, 3.63) is 101 Å². The lowest BCUT2D eigenvalue weighted by molar-refractivity contribution is 0.101. The van der Waals surface area contributed by atoms with Gasteiger partial charge in [0.15, 0.2) is 5.16 Å². The Morgan fingerprint density at radius 3 is 2.25 bits per heavy atom. The van der Waals surface area contributed by atoms with Crippen LogP contribution in [-0.2, 0) is 5.75 Å². The standard InChI is InChI=1S/C23H16Cl2N4OS2/c24-16-3-1-15(2-4-16)14-31-23-27-13-20(32-19-7-5-17(25)6-8-19)21(29-23)22(30)28-18-9-11-26-12-10-18/h1-13H,14H2,(H,26,28,30). The summed E-state index contributed by atoms with van der Waals surface area (Å²) in [5.74, 6) is 0.343. The first kappa shape index (κ1) is 22.6. The van der Waals surface area contributed by atoms with Crippen molar-refractivity contribution in [3.63, 3.8) is 0 Å². The molecule has 2 aromatic carbocycles. The zero-order chi connectivity index (χ0) is 22.3. The summed E-state index contributed by atoms with van der Waals surface area (Å²) in [7, 11) is 0. The van der Waals surface area contributed by atoms with Gasteiger partial charge in [-0.25, -0.2) is 9.97 Å². The topological polar surface area (TPSA) is 67.8 Å². The number of pyridine rings is 1. The summed E-state index contributed by atoms with van der Waals surface area (Å²) in [5, 5.41) is 4.72. The van der Waals surface area contributed by atoms with Crippen LogP contribution >= 0.6 is 46.7 Å². The Labute approximate surface area is 204 Å². The Balaban J connectivity index is 1.58. The molecule has 0 aliphatic heterocycles. The molecule has 160 valence electrons. The van der Waals surface area contributed by atoms with Gasteiger partial charge in [-0.1, -0.05) is 58.9 Å². The molecule has 5 nitrogen and oxygen atoms in total. The minimum absolute atomic E-state index is 0.301. The van der Waals surface area contributed by atoms with Gasteiger partial charge in [0.2, 0.25) is 0 Å². The average Bonchev–Trinajstić information content (AvgIpc) is 2.81. The Hall–Kier alpha value is -2.58. The highest BCUT2D eigenvalue weighted by Crippen LogP contribution is 2.32. The number of aromatic nitrogens is 3. The van der Waals surface area contributed by atoms with Crippen molar-refractivity contribution in [2.24, 2.45) is 0 Å². The van der Waals surface area contributed by atoms with E-state index in [0.29, 0.717) is 37.2 Å². The number of halogens is 2. The van der Waals surface area contributed by atoms with Crippen LogP contribution in [0.25, 0.3) is 0 Å². The third kappa shape index (κ3) is 6.23. The number of benzene rings is 2. The van der Waals surface area contributed by atoms with Gasteiger partial charge in [0.25, 0.3) is 5.91 Å². The van der Waals surface area contributed by atoms with Crippen LogP contribution in [0.5, 0.6) is 0 Å². The molecule has 2 aromatic heterocycles. The Bertz CT molecular complexity index is 1210. The molecule has 9 heteroatoms. The molecule has 0 atom stereocenters. The number of carbonyl (C=O) groups is 1. The van der Waals surface area contributed by atoms with E-state index in [-0.39, 0.29) is 5.91 Å². The van der Waals surface area contributed by atoms with Crippen molar-refractivity contribution in [3.8, 4) is 0 Å². The SMILES string of the molecule is O=C(Nc1ccncc1)c1nc(SCc2ccc(Cl)cc2)ncc1Sc1ccc(Cl)cc1. The lowest BCUT2D eigenvalue weighted by Crippen LogP contribution is -2.16. The summed E-state index contributed by atoms with van der Waals surface area (Å²) in [5.41, 5.74) is 2.03. The molecule has 0 unspecified atom stereocenters. The quantitative estimate of drug-likeness (QED) is 0.221. The van der Waals surface area contributed by atoms with E-state index in [2.05, 4.69) is 20.3 Å². The highest BCUT2D eigenvalue weighted by atomic mass is 35.5. The number of nitrogens with zero attached hydrogens (tertiary/aromatic N) is 3. The number of amides is 1. The van der Waals surface area contributed by atoms with Gasteiger partial charge in [0.05, 0.1) is 4.90 Å². The van der Waals surface area contributed by atoms with Gasteiger partial charge in [-0.3, -0.25) is 9.78 Å². The minimum Gasteiger partial charge on any atom is -0.321 e. The van der Waals surface area contributed by atoms with Gasteiger partial charge in [-0.2, -0.15) is 0 Å². The van der Waals surface area contributed by atoms with Gasteiger partial charge in [0, 0.05) is 45.0 Å². The molecule has 0 saturated heterocycles. The van der Waals surface area contributed by atoms with Crippen LogP contribution in [0, 0.1) is 0 Å². The van der Waals surface area contributed by atoms with E-state index in [4.69, 9.17) is 23.2 Å². The lowest BCUT2D eigenvalue weighted by atomic mass is 10.2. The van der Waals surface area contributed by atoms with Crippen molar-refractivity contribution in [1.82, 2.24) is 15.0 Å². The van der Waals surface area contributed by atoms with Crippen LogP contribution in [0.2, 0.25) is 10.0 Å². The molecule has 4 rings (SSSR count). The molecule has 0 aliphatic rings. The first-order valence-corrected chi connectivity index (χ1v) is 12.0. The van der Waals surface area contributed by atoms with Crippen LogP contribution in [0.3, 0.4) is 0 Å². The van der Waals surface area contributed by atoms with Crippen molar-refractivity contribution >= 4 is 58.3 Å². The summed E-state index contributed by atoms with van der Waals surface area (Å²) in [4.78, 5) is 27.6. The van der Waals surface area contributed by atoms with Crippen molar-refractivity contribution in [2.45, 2.75) is 20.7 Å². The fourth-order valence-electron chi connectivity index (χ4n) is 2.65. The molecule has 2 heterocycles. The number of thioether (sulfide) groups is 1. The van der Waals surface area contributed by atoms with E-state index >= 15 is 0 Å². The average molecular weight is 499 g/mol. The van der Waals surface area contributed by atoms with Gasteiger partial charge < -0.3 is 5.32 Å². The number of hydrogen-bond acceptors (Lipinski definition) is 6. The third-order valence-electron chi connectivity index (χ3n) is 4.21. The van der Waals surface area contributed by atoms with Crippen LogP contribution in [0.1, 0.15) is 16.1 Å². The minimum atomic E-state index is -0.316. The fourth-order valence-corrected chi connectivity index (χ4v) is 4.53. The molecule has 0 aliphatic carbocycles. The fraction of sp³-hybridized carbons (Fsp3) is 0.0435. The van der Waals surface area contributed by atoms with E-state index in [9.17, 15) is 4.79 Å². The Morgan fingerprint density at radius 1 is 0.906 bits per heavy atom. The molecular formula is C23H16Cl2N4OS2. The molecule has 0 fully saturated rings. The van der Waals surface area contributed by atoms with Gasteiger partial charge in [-0.15, -0.1) is 0 Å². The van der Waals surface area contributed by atoms with Crippen LogP contribution < -0.4 is 5.32 Å². The van der Waals surface area contributed by atoms with E-state index in [1.54, 1.807) is 42.9 Å². The van der Waals surface area contributed by atoms with E-state index < -0.39 is 0 Å². The zero-order valence-corrected chi connectivity index (χ0v) is 19.7. The highest BCUT2D eigenvalue weighted by Gasteiger charge is 2.17. The van der Waals surface area contributed by atoms with Crippen LogP contribution in [0.4, 0.5) is 5.69 Å². The predicted molar refractivity (Wildman–Crippen MR) is 131 cm³/mol. The maximum atomic E-state index is 13.1. The van der Waals surface area contributed by atoms with Crippen molar-refractivity contribution in [2.75, 3.05) is 5.32 Å². The number of rotatable bonds is 7. The van der Waals surface area contributed by atoms with Crippen molar-refractivity contribution in [1.29, 1.82) is 0 Å². The summed E-state index contributed by atoms with van der Waals surface area (Å²) in [6.45, 7) is 0. The summed E-state index contributed by atoms with van der Waals surface area (Å²) in [6, 6.07) is 18.4.